The minimum absolute atomic E-state index is 0.175. The van der Waals surface area contributed by atoms with E-state index < -0.39 is 0 Å². The molecule has 0 bridgehead atoms. The normalized spacial score (nSPS) is 16.5. The summed E-state index contributed by atoms with van der Waals surface area (Å²) in [6, 6.07) is 7.64. The maximum Gasteiger partial charge on any atom is 0.222 e. The van der Waals surface area contributed by atoms with Crippen LogP contribution in [0.15, 0.2) is 24.3 Å². The van der Waals surface area contributed by atoms with Gasteiger partial charge in [0.15, 0.2) is 11.5 Å². The number of likely N-dealkylation sites (N-methyl/N-ethyl adjacent to an activating group) is 1. The van der Waals surface area contributed by atoms with E-state index in [0.717, 1.165) is 44.0 Å². The fourth-order valence-electron chi connectivity index (χ4n) is 3.08. The van der Waals surface area contributed by atoms with Crippen molar-refractivity contribution >= 4 is 5.91 Å². The van der Waals surface area contributed by atoms with Gasteiger partial charge in [-0.25, -0.2) is 0 Å². The fraction of sp³-hybridized carbons (Fsp3) is 0.667. The zero-order valence-corrected chi connectivity index (χ0v) is 17.0. The molecule has 0 N–H and O–H groups in total. The number of benzene rings is 1. The summed E-state index contributed by atoms with van der Waals surface area (Å²) in [5, 5.41) is 0. The third kappa shape index (κ3) is 7.77. The first-order valence-corrected chi connectivity index (χ1v) is 9.99. The van der Waals surface area contributed by atoms with E-state index in [9.17, 15) is 4.79 Å². The van der Waals surface area contributed by atoms with Crippen molar-refractivity contribution < 1.29 is 19.0 Å². The van der Waals surface area contributed by atoms with Gasteiger partial charge in [0.05, 0.1) is 19.3 Å². The number of hydrogen-bond acceptors (Lipinski definition) is 5. The van der Waals surface area contributed by atoms with Crippen molar-refractivity contribution in [1.29, 1.82) is 0 Å². The van der Waals surface area contributed by atoms with E-state index >= 15 is 0 Å². The number of amides is 1. The molecule has 0 spiro atoms. The highest BCUT2D eigenvalue weighted by Gasteiger charge is 2.22. The molecule has 1 amide bonds. The van der Waals surface area contributed by atoms with Crippen LogP contribution in [0.25, 0.3) is 0 Å². The molecule has 1 fully saturated rings. The Kier molecular flexibility index (Phi) is 9.42. The first-order chi connectivity index (χ1) is 13.1. The highest BCUT2D eigenvalue weighted by atomic mass is 16.5. The number of rotatable bonds is 12. The van der Waals surface area contributed by atoms with Crippen molar-refractivity contribution in [2.24, 2.45) is 0 Å². The predicted molar refractivity (Wildman–Crippen MR) is 106 cm³/mol. The van der Waals surface area contributed by atoms with Gasteiger partial charge in [-0.15, -0.1) is 0 Å². The summed E-state index contributed by atoms with van der Waals surface area (Å²) in [6.07, 6.45) is 3.49. The van der Waals surface area contributed by atoms with Crippen LogP contribution in [-0.4, -0.2) is 75.4 Å². The molecule has 1 aliphatic heterocycles. The number of carbonyl (C=O) groups is 1. The average molecular weight is 379 g/mol. The molecule has 0 aliphatic carbocycles. The number of nitrogens with zero attached hydrogens (tertiary/aromatic N) is 2. The lowest BCUT2D eigenvalue weighted by Crippen LogP contribution is -2.41. The average Bonchev–Trinajstić information content (AvgIpc) is 3.16. The summed E-state index contributed by atoms with van der Waals surface area (Å²) in [6.45, 7) is 6.15. The van der Waals surface area contributed by atoms with Crippen molar-refractivity contribution in [3.63, 3.8) is 0 Å². The molecule has 1 aromatic rings. The molecule has 1 saturated heterocycles. The van der Waals surface area contributed by atoms with E-state index in [1.807, 2.05) is 50.2 Å². The second kappa shape index (κ2) is 11.8. The van der Waals surface area contributed by atoms with E-state index in [1.54, 1.807) is 0 Å². The van der Waals surface area contributed by atoms with Crippen LogP contribution in [0.5, 0.6) is 11.5 Å². The summed E-state index contributed by atoms with van der Waals surface area (Å²) in [5.41, 5.74) is 0. The second-order valence-electron chi connectivity index (χ2n) is 7.11. The van der Waals surface area contributed by atoms with Crippen LogP contribution in [0.1, 0.15) is 32.6 Å². The smallest absolute Gasteiger partial charge is 0.222 e. The van der Waals surface area contributed by atoms with E-state index in [1.165, 1.54) is 0 Å². The van der Waals surface area contributed by atoms with Gasteiger partial charge in [0.1, 0.15) is 0 Å². The summed E-state index contributed by atoms with van der Waals surface area (Å²) in [5.74, 6) is 1.65. The highest BCUT2D eigenvalue weighted by Crippen LogP contribution is 2.26. The lowest BCUT2D eigenvalue weighted by molar-refractivity contribution is -0.133. The van der Waals surface area contributed by atoms with Gasteiger partial charge < -0.3 is 24.0 Å². The van der Waals surface area contributed by atoms with Crippen molar-refractivity contribution in [1.82, 2.24) is 9.80 Å². The first kappa shape index (κ1) is 21.5. The zero-order chi connectivity index (χ0) is 19.5. The highest BCUT2D eigenvalue weighted by molar-refractivity contribution is 5.76. The minimum Gasteiger partial charge on any atom is -0.490 e. The number of ether oxygens (including phenoxy) is 3. The molecule has 6 nitrogen and oxygen atoms in total. The summed E-state index contributed by atoms with van der Waals surface area (Å²) < 4.78 is 17.1. The molecule has 0 saturated carbocycles. The Morgan fingerprint density at radius 3 is 2.56 bits per heavy atom. The van der Waals surface area contributed by atoms with Crippen LogP contribution >= 0.6 is 0 Å². The molecule has 1 atom stereocenters. The molecule has 27 heavy (non-hydrogen) atoms. The molecule has 1 aliphatic rings. The van der Waals surface area contributed by atoms with Crippen LogP contribution in [0.3, 0.4) is 0 Å². The maximum absolute atomic E-state index is 12.7. The van der Waals surface area contributed by atoms with Crippen LogP contribution in [0, 0.1) is 0 Å². The van der Waals surface area contributed by atoms with Gasteiger partial charge in [0, 0.05) is 32.7 Å². The molecule has 0 radical (unpaired) electrons. The second-order valence-corrected chi connectivity index (χ2v) is 7.11. The summed E-state index contributed by atoms with van der Waals surface area (Å²) in [4.78, 5) is 16.7. The molecule has 1 heterocycles. The largest absolute Gasteiger partial charge is 0.490 e. The topological polar surface area (TPSA) is 51.2 Å². The monoisotopic (exact) mass is 378 g/mol. The van der Waals surface area contributed by atoms with Gasteiger partial charge in [-0.1, -0.05) is 12.1 Å². The van der Waals surface area contributed by atoms with Crippen molar-refractivity contribution in [3.05, 3.63) is 24.3 Å². The van der Waals surface area contributed by atoms with Crippen LogP contribution in [0.4, 0.5) is 0 Å². The van der Waals surface area contributed by atoms with Gasteiger partial charge in [-0.2, -0.15) is 0 Å². The van der Waals surface area contributed by atoms with Crippen molar-refractivity contribution in [3.8, 4) is 11.5 Å². The Morgan fingerprint density at radius 2 is 1.93 bits per heavy atom. The number of para-hydroxylation sites is 2. The SMILES string of the molecule is CCOc1ccccc1OCCCC(=O)N(CCN(C)C)CC1CCCO1. The third-order valence-corrected chi connectivity index (χ3v) is 4.56. The third-order valence-electron chi connectivity index (χ3n) is 4.56. The zero-order valence-electron chi connectivity index (χ0n) is 17.0. The Bertz CT molecular complexity index is 559. The van der Waals surface area contributed by atoms with Gasteiger partial charge in [-0.3, -0.25) is 4.79 Å². The lowest BCUT2D eigenvalue weighted by Gasteiger charge is -2.27. The molecule has 1 unspecified atom stereocenters. The Balaban J connectivity index is 1.78. The molecule has 2 rings (SSSR count). The Morgan fingerprint density at radius 1 is 1.19 bits per heavy atom. The quantitative estimate of drug-likeness (QED) is 0.524. The number of hydrogen-bond donors (Lipinski definition) is 0. The van der Waals surface area contributed by atoms with Crippen LogP contribution in [0.2, 0.25) is 0 Å². The van der Waals surface area contributed by atoms with Gasteiger partial charge >= 0.3 is 0 Å². The maximum atomic E-state index is 12.7. The van der Waals surface area contributed by atoms with E-state index in [4.69, 9.17) is 14.2 Å². The molecule has 152 valence electrons. The molecule has 0 aromatic heterocycles. The van der Waals surface area contributed by atoms with Crippen LogP contribution in [-0.2, 0) is 9.53 Å². The van der Waals surface area contributed by atoms with Gasteiger partial charge in [-0.05, 0) is 52.4 Å². The fourth-order valence-corrected chi connectivity index (χ4v) is 3.08. The summed E-state index contributed by atoms with van der Waals surface area (Å²) in [7, 11) is 4.05. The van der Waals surface area contributed by atoms with Crippen molar-refractivity contribution in [2.75, 3.05) is 53.6 Å². The van der Waals surface area contributed by atoms with Crippen molar-refractivity contribution in [2.45, 2.75) is 38.7 Å². The number of carbonyl (C=O) groups excluding carboxylic acids is 1. The minimum atomic E-state index is 0.175. The van der Waals surface area contributed by atoms with E-state index in [0.29, 0.717) is 32.6 Å². The van der Waals surface area contributed by atoms with E-state index in [-0.39, 0.29) is 12.0 Å². The lowest BCUT2D eigenvalue weighted by atomic mass is 10.2. The van der Waals surface area contributed by atoms with Crippen LogP contribution < -0.4 is 9.47 Å². The molecular weight excluding hydrogens is 344 g/mol. The Hall–Kier alpha value is -1.79. The standard InChI is InChI=1S/C21H34N2O4/c1-4-25-19-10-5-6-11-20(19)27-16-8-12-21(24)23(14-13-22(2)3)17-18-9-7-15-26-18/h5-6,10-11,18H,4,7-9,12-17H2,1-3H3. The van der Waals surface area contributed by atoms with Gasteiger partial charge in [0.2, 0.25) is 5.91 Å². The molecule has 6 heteroatoms. The van der Waals surface area contributed by atoms with E-state index in [2.05, 4.69) is 4.90 Å². The predicted octanol–water partition coefficient (Wildman–Crippen LogP) is 2.81. The summed E-state index contributed by atoms with van der Waals surface area (Å²) >= 11 is 0. The van der Waals surface area contributed by atoms with Gasteiger partial charge in [0.25, 0.3) is 0 Å². The Labute approximate surface area is 163 Å². The first-order valence-electron chi connectivity index (χ1n) is 9.99. The molecule has 1 aromatic carbocycles. The molecular formula is C21H34N2O4.